The summed E-state index contributed by atoms with van der Waals surface area (Å²) in [7, 11) is -0.621. The van der Waals surface area contributed by atoms with E-state index in [1.165, 1.54) is 28.8 Å². The quantitative estimate of drug-likeness (QED) is 0.347. The van der Waals surface area contributed by atoms with Crippen LogP contribution >= 0.6 is 23.2 Å². The smallest absolute Gasteiger partial charge is 0.254 e. The molecule has 13 heteroatoms. The number of halogens is 2. The lowest BCUT2D eigenvalue weighted by Gasteiger charge is -2.26. The second-order valence-corrected chi connectivity index (χ2v) is 11.2. The first kappa shape index (κ1) is 25.5. The number of nitrogens with zero attached hydrogens (tertiary/aromatic N) is 6. The largest absolute Gasteiger partial charge is 0.493 e. The topological polar surface area (TPSA) is 102 Å². The van der Waals surface area contributed by atoms with Crippen LogP contribution in [0.25, 0.3) is 16.9 Å². The van der Waals surface area contributed by atoms with Gasteiger partial charge in [0.05, 0.1) is 19.1 Å². The second-order valence-electron chi connectivity index (χ2n) is 8.39. The predicted octanol–water partition coefficient (Wildman–Crippen LogP) is 4.02. The number of methoxy groups -OCH3 is 2. The molecule has 194 valence electrons. The molecule has 3 heterocycles. The molecule has 2 aromatic carbocycles. The molecule has 1 fully saturated rings. The Kier molecular flexibility index (Phi) is 7.13. The number of ether oxygens (including phenoxy) is 2. The molecule has 1 saturated heterocycles. The zero-order valence-corrected chi connectivity index (χ0v) is 22.5. The van der Waals surface area contributed by atoms with Gasteiger partial charge in [0.25, 0.3) is 5.78 Å². The third-order valence-electron chi connectivity index (χ3n) is 6.20. The molecular weight excluding hydrogens is 539 g/mol. The maximum absolute atomic E-state index is 13.4. The van der Waals surface area contributed by atoms with E-state index in [1.54, 1.807) is 24.9 Å². The van der Waals surface area contributed by atoms with Gasteiger partial charge in [-0.1, -0.05) is 29.3 Å². The standard InChI is InChI=1S/C24H24Cl2N6O4S/c1-35-21-5-4-16(10-22(21)36-2)20-14-27-24-28-15-29-32(24)23(20)30-6-3-7-31(9-8-30)37(33,34)19-12-17(25)11-18(26)13-19/h4-5,10-15H,3,6-9H2,1-2H3. The van der Waals surface area contributed by atoms with E-state index in [1.807, 2.05) is 18.2 Å². The molecule has 0 radical (unpaired) electrons. The Balaban J connectivity index is 1.51. The molecule has 0 amide bonds. The molecule has 0 saturated carbocycles. The number of benzene rings is 2. The van der Waals surface area contributed by atoms with E-state index in [4.69, 9.17) is 32.7 Å². The van der Waals surface area contributed by atoms with Crippen LogP contribution in [-0.4, -0.2) is 72.7 Å². The predicted molar refractivity (Wildman–Crippen MR) is 141 cm³/mol. The SMILES string of the molecule is COc1ccc(-c2cnc3ncnn3c2N2CCCN(S(=O)(=O)c3cc(Cl)cc(Cl)c3)CC2)cc1OC. The fourth-order valence-electron chi connectivity index (χ4n) is 4.45. The maximum atomic E-state index is 13.4. The normalized spacial score (nSPS) is 15.1. The van der Waals surface area contributed by atoms with Gasteiger partial charge in [-0.3, -0.25) is 0 Å². The number of sulfonamides is 1. The number of anilines is 1. The van der Waals surface area contributed by atoms with Crippen LogP contribution < -0.4 is 14.4 Å². The summed E-state index contributed by atoms with van der Waals surface area (Å²) in [5.74, 6) is 2.40. The molecule has 0 N–H and O–H groups in total. The van der Waals surface area contributed by atoms with Crippen LogP contribution in [0.1, 0.15) is 6.42 Å². The Morgan fingerprint density at radius 1 is 0.892 bits per heavy atom. The third kappa shape index (κ3) is 4.91. The molecule has 37 heavy (non-hydrogen) atoms. The van der Waals surface area contributed by atoms with Gasteiger partial charge in [0, 0.05) is 48.0 Å². The van der Waals surface area contributed by atoms with Crippen molar-refractivity contribution >= 4 is 44.8 Å². The van der Waals surface area contributed by atoms with Gasteiger partial charge in [-0.25, -0.2) is 13.4 Å². The van der Waals surface area contributed by atoms with Gasteiger partial charge in [-0.2, -0.15) is 18.9 Å². The lowest BCUT2D eigenvalue weighted by atomic mass is 10.1. The van der Waals surface area contributed by atoms with Crippen molar-refractivity contribution in [2.75, 3.05) is 45.3 Å². The van der Waals surface area contributed by atoms with E-state index in [0.29, 0.717) is 43.3 Å². The van der Waals surface area contributed by atoms with Crippen molar-refractivity contribution in [2.45, 2.75) is 11.3 Å². The zero-order chi connectivity index (χ0) is 26.2. The van der Waals surface area contributed by atoms with Crippen LogP contribution in [0.2, 0.25) is 10.0 Å². The molecule has 0 spiro atoms. The molecule has 0 atom stereocenters. The molecule has 0 unspecified atom stereocenters. The summed E-state index contributed by atoms with van der Waals surface area (Å²) < 4.78 is 40.8. The summed E-state index contributed by atoms with van der Waals surface area (Å²) in [6.45, 7) is 1.63. The highest BCUT2D eigenvalue weighted by Crippen LogP contribution is 2.37. The van der Waals surface area contributed by atoms with Crippen LogP contribution in [0.4, 0.5) is 5.82 Å². The molecule has 0 aliphatic carbocycles. The molecular formula is C24H24Cl2N6O4S. The molecule has 1 aliphatic rings. The van der Waals surface area contributed by atoms with E-state index < -0.39 is 10.0 Å². The zero-order valence-electron chi connectivity index (χ0n) is 20.1. The minimum atomic E-state index is -3.79. The molecule has 1 aliphatic heterocycles. The first-order valence-corrected chi connectivity index (χ1v) is 13.6. The van der Waals surface area contributed by atoms with Crippen molar-refractivity contribution in [2.24, 2.45) is 0 Å². The Morgan fingerprint density at radius 3 is 2.38 bits per heavy atom. The highest BCUT2D eigenvalue weighted by Gasteiger charge is 2.29. The molecule has 10 nitrogen and oxygen atoms in total. The minimum absolute atomic E-state index is 0.0760. The Labute approximate surface area is 224 Å². The van der Waals surface area contributed by atoms with Crippen molar-refractivity contribution < 1.29 is 17.9 Å². The van der Waals surface area contributed by atoms with E-state index in [-0.39, 0.29) is 21.5 Å². The van der Waals surface area contributed by atoms with Crippen LogP contribution in [0.3, 0.4) is 0 Å². The van der Waals surface area contributed by atoms with Gasteiger partial charge < -0.3 is 14.4 Å². The van der Waals surface area contributed by atoms with Gasteiger partial charge in [0.2, 0.25) is 10.0 Å². The van der Waals surface area contributed by atoms with Crippen LogP contribution in [-0.2, 0) is 10.0 Å². The average Bonchev–Trinajstić information content (AvgIpc) is 3.23. The second kappa shape index (κ2) is 10.3. The van der Waals surface area contributed by atoms with Crippen LogP contribution in [0.5, 0.6) is 11.5 Å². The summed E-state index contributed by atoms with van der Waals surface area (Å²) in [5.41, 5.74) is 1.65. The highest BCUT2D eigenvalue weighted by molar-refractivity contribution is 7.89. The first-order valence-electron chi connectivity index (χ1n) is 11.4. The van der Waals surface area contributed by atoms with E-state index >= 15 is 0 Å². The van der Waals surface area contributed by atoms with Crippen molar-refractivity contribution in [3.05, 3.63) is 59.0 Å². The van der Waals surface area contributed by atoms with E-state index in [0.717, 1.165) is 16.9 Å². The minimum Gasteiger partial charge on any atom is -0.493 e. The van der Waals surface area contributed by atoms with E-state index in [2.05, 4.69) is 20.0 Å². The average molecular weight is 563 g/mol. The lowest BCUT2D eigenvalue weighted by Crippen LogP contribution is -2.36. The number of hydrogen-bond donors (Lipinski definition) is 0. The Bertz CT molecular complexity index is 1540. The maximum Gasteiger partial charge on any atom is 0.254 e. The van der Waals surface area contributed by atoms with Gasteiger partial charge in [0.1, 0.15) is 12.1 Å². The number of aromatic nitrogens is 4. The molecule has 2 aromatic heterocycles. The number of hydrogen-bond acceptors (Lipinski definition) is 8. The van der Waals surface area contributed by atoms with Crippen molar-refractivity contribution in [3.63, 3.8) is 0 Å². The van der Waals surface area contributed by atoms with Gasteiger partial charge in [-0.05, 0) is 42.3 Å². The summed E-state index contributed by atoms with van der Waals surface area (Å²) in [6, 6.07) is 9.97. The Hall–Kier alpha value is -3.12. The number of rotatable bonds is 6. The first-order chi connectivity index (χ1) is 17.8. The third-order valence-corrected chi connectivity index (χ3v) is 8.52. The fraction of sp³-hybridized carbons (Fsp3) is 0.292. The Morgan fingerprint density at radius 2 is 1.65 bits per heavy atom. The van der Waals surface area contributed by atoms with Crippen molar-refractivity contribution in [1.82, 2.24) is 23.9 Å². The monoisotopic (exact) mass is 562 g/mol. The van der Waals surface area contributed by atoms with Crippen LogP contribution in [0.15, 0.2) is 53.8 Å². The summed E-state index contributed by atoms with van der Waals surface area (Å²) >= 11 is 12.2. The molecule has 0 bridgehead atoms. The number of fused-ring (bicyclic) bond motifs is 1. The summed E-state index contributed by atoms with van der Waals surface area (Å²) in [4.78, 5) is 10.9. The summed E-state index contributed by atoms with van der Waals surface area (Å²) in [5, 5.41) is 4.95. The molecule has 5 rings (SSSR count). The van der Waals surface area contributed by atoms with Crippen molar-refractivity contribution in [3.8, 4) is 22.6 Å². The van der Waals surface area contributed by atoms with Crippen LogP contribution in [0, 0.1) is 0 Å². The van der Waals surface area contributed by atoms with E-state index in [9.17, 15) is 8.42 Å². The lowest BCUT2D eigenvalue weighted by molar-refractivity contribution is 0.355. The highest BCUT2D eigenvalue weighted by atomic mass is 35.5. The van der Waals surface area contributed by atoms with Gasteiger partial charge in [-0.15, -0.1) is 0 Å². The fourth-order valence-corrected chi connectivity index (χ4v) is 6.65. The van der Waals surface area contributed by atoms with Gasteiger partial charge >= 0.3 is 0 Å². The van der Waals surface area contributed by atoms with Crippen molar-refractivity contribution in [1.29, 1.82) is 0 Å². The van der Waals surface area contributed by atoms with Gasteiger partial charge in [0.15, 0.2) is 11.5 Å². The summed E-state index contributed by atoms with van der Waals surface area (Å²) in [6.07, 6.45) is 3.78. The molecule has 4 aromatic rings.